The van der Waals surface area contributed by atoms with Crippen molar-refractivity contribution in [3.05, 3.63) is 71.7 Å². The molecular formula is C18H17ClN4O2. The summed E-state index contributed by atoms with van der Waals surface area (Å²) in [5.74, 6) is 0.735. The summed E-state index contributed by atoms with van der Waals surface area (Å²) in [6.07, 6.45) is 6.14. The molecule has 128 valence electrons. The summed E-state index contributed by atoms with van der Waals surface area (Å²) in [7, 11) is 0. The standard InChI is InChI=1S/C18H17ClN4O2/c1-12(2)18(24,13-8-20-11-21-9-13)15-7-6-14(10-22-15)25-17-5-3-4-16(19)23-17/h3-12,24H,1-2H3. The maximum absolute atomic E-state index is 11.2. The Morgan fingerprint density at radius 1 is 1.08 bits per heavy atom. The van der Waals surface area contributed by atoms with Gasteiger partial charge in [-0.2, -0.15) is 0 Å². The largest absolute Gasteiger partial charge is 0.437 e. The van der Waals surface area contributed by atoms with Gasteiger partial charge in [0.05, 0.1) is 11.9 Å². The van der Waals surface area contributed by atoms with E-state index in [4.69, 9.17) is 16.3 Å². The van der Waals surface area contributed by atoms with Crippen LogP contribution in [0.4, 0.5) is 0 Å². The quantitative estimate of drug-likeness (QED) is 0.703. The minimum atomic E-state index is -1.30. The molecule has 6 nitrogen and oxygen atoms in total. The normalized spacial score (nSPS) is 13.5. The molecule has 0 saturated heterocycles. The SMILES string of the molecule is CC(C)C(O)(c1cncnc1)c1ccc(Oc2cccc(Cl)n2)cn1. The van der Waals surface area contributed by atoms with E-state index in [0.29, 0.717) is 28.0 Å². The van der Waals surface area contributed by atoms with Gasteiger partial charge in [-0.3, -0.25) is 4.98 Å². The monoisotopic (exact) mass is 356 g/mol. The third-order valence-corrected chi connectivity index (χ3v) is 4.09. The van der Waals surface area contributed by atoms with E-state index in [2.05, 4.69) is 19.9 Å². The third kappa shape index (κ3) is 3.60. The zero-order chi connectivity index (χ0) is 17.9. The van der Waals surface area contributed by atoms with Gasteiger partial charge in [-0.05, 0) is 24.1 Å². The lowest BCUT2D eigenvalue weighted by Gasteiger charge is -2.31. The van der Waals surface area contributed by atoms with Gasteiger partial charge in [-0.1, -0.05) is 31.5 Å². The highest BCUT2D eigenvalue weighted by Crippen LogP contribution is 2.35. The molecule has 0 fully saturated rings. The first kappa shape index (κ1) is 17.3. The van der Waals surface area contributed by atoms with Crippen molar-refractivity contribution >= 4 is 11.6 Å². The van der Waals surface area contributed by atoms with E-state index in [0.717, 1.165) is 0 Å². The summed E-state index contributed by atoms with van der Waals surface area (Å²) < 4.78 is 5.63. The Morgan fingerprint density at radius 2 is 1.84 bits per heavy atom. The molecule has 25 heavy (non-hydrogen) atoms. The number of hydrogen-bond acceptors (Lipinski definition) is 6. The van der Waals surface area contributed by atoms with Gasteiger partial charge in [-0.25, -0.2) is 15.0 Å². The molecule has 0 saturated carbocycles. The van der Waals surface area contributed by atoms with Crippen molar-refractivity contribution in [1.82, 2.24) is 19.9 Å². The zero-order valence-corrected chi connectivity index (χ0v) is 14.6. The van der Waals surface area contributed by atoms with Crippen LogP contribution in [0.2, 0.25) is 5.15 Å². The number of nitrogens with zero attached hydrogens (tertiary/aromatic N) is 4. The van der Waals surface area contributed by atoms with Crippen LogP contribution in [0.25, 0.3) is 0 Å². The second-order valence-corrected chi connectivity index (χ2v) is 6.22. The van der Waals surface area contributed by atoms with Gasteiger partial charge in [0.25, 0.3) is 0 Å². The summed E-state index contributed by atoms with van der Waals surface area (Å²) in [6.45, 7) is 3.82. The number of hydrogen-bond donors (Lipinski definition) is 1. The minimum Gasteiger partial charge on any atom is -0.437 e. The van der Waals surface area contributed by atoms with E-state index in [-0.39, 0.29) is 5.92 Å². The summed E-state index contributed by atoms with van der Waals surface area (Å²) >= 11 is 5.85. The summed E-state index contributed by atoms with van der Waals surface area (Å²) in [5.41, 5.74) is -0.222. The average Bonchev–Trinajstić information content (AvgIpc) is 2.62. The van der Waals surface area contributed by atoms with Crippen molar-refractivity contribution in [3.8, 4) is 11.6 Å². The van der Waals surface area contributed by atoms with E-state index in [1.54, 1.807) is 42.7 Å². The third-order valence-electron chi connectivity index (χ3n) is 3.88. The lowest BCUT2D eigenvalue weighted by atomic mass is 9.81. The predicted molar refractivity (Wildman–Crippen MR) is 93.4 cm³/mol. The Hall–Kier alpha value is -2.57. The minimum absolute atomic E-state index is 0.132. The number of rotatable bonds is 5. The van der Waals surface area contributed by atoms with E-state index in [1.165, 1.54) is 12.5 Å². The van der Waals surface area contributed by atoms with Gasteiger partial charge in [0.1, 0.15) is 22.8 Å². The molecule has 0 amide bonds. The molecule has 0 aliphatic carbocycles. The van der Waals surface area contributed by atoms with Crippen molar-refractivity contribution in [1.29, 1.82) is 0 Å². The van der Waals surface area contributed by atoms with E-state index in [9.17, 15) is 5.11 Å². The summed E-state index contributed by atoms with van der Waals surface area (Å²) in [6, 6.07) is 8.56. The van der Waals surface area contributed by atoms with Crippen molar-refractivity contribution in [2.75, 3.05) is 0 Å². The first-order valence-electron chi connectivity index (χ1n) is 7.75. The van der Waals surface area contributed by atoms with E-state index in [1.807, 2.05) is 13.8 Å². The molecule has 1 unspecified atom stereocenters. The molecule has 0 bridgehead atoms. The van der Waals surface area contributed by atoms with Gasteiger partial charge < -0.3 is 9.84 Å². The summed E-state index contributed by atoms with van der Waals surface area (Å²) in [5, 5.41) is 11.6. The van der Waals surface area contributed by atoms with Crippen LogP contribution in [0, 0.1) is 5.92 Å². The van der Waals surface area contributed by atoms with Gasteiger partial charge >= 0.3 is 0 Å². The number of aliphatic hydroxyl groups is 1. The Bertz CT molecular complexity index is 843. The van der Waals surface area contributed by atoms with Crippen molar-refractivity contribution in [2.24, 2.45) is 5.92 Å². The Balaban J connectivity index is 1.90. The average molecular weight is 357 g/mol. The molecule has 3 aromatic heterocycles. The molecule has 0 spiro atoms. The molecule has 3 aromatic rings. The fourth-order valence-electron chi connectivity index (χ4n) is 2.51. The van der Waals surface area contributed by atoms with Gasteiger partial charge in [0, 0.05) is 24.0 Å². The smallest absolute Gasteiger partial charge is 0.220 e. The zero-order valence-electron chi connectivity index (χ0n) is 13.8. The topological polar surface area (TPSA) is 81.0 Å². The van der Waals surface area contributed by atoms with Crippen LogP contribution in [0.15, 0.2) is 55.2 Å². The molecule has 7 heteroatoms. The summed E-state index contributed by atoms with van der Waals surface area (Å²) in [4.78, 5) is 16.4. The van der Waals surface area contributed by atoms with Crippen LogP contribution in [-0.4, -0.2) is 25.0 Å². The van der Waals surface area contributed by atoms with Crippen molar-refractivity contribution in [2.45, 2.75) is 19.4 Å². The number of ether oxygens (including phenoxy) is 1. The number of pyridine rings is 2. The molecule has 0 aromatic carbocycles. The highest BCUT2D eigenvalue weighted by Gasteiger charge is 2.37. The second kappa shape index (κ2) is 7.13. The Morgan fingerprint density at radius 3 is 2.44 bits per heavy atom. The van der Waals surface area contributed by atoms with Crippen LogP contribution in [-0.2, 0) is 5.60 Å². The maximum Gasteiger partial charge on any atom is 0.220 e. The van der Waals surface area contributed by atoms with Crippen LogP contribution in [0.3, 0.4) is 0 Å². The first-order valence-corrected chi connectivity index (χ1v) is 8.12. The maximum atomic E-state index is 11.2. The van der Waals surface area contributed by atoms with Crippen LogP contribution < -0.4 is 4.74 Å². The fourth-order valence-corrected chi connectivity index (χ4v) is 2.66. The van der Waals surface area contributed by atoms with Gasteiger partial charge in [0.15, 0.2) is 0 Å². The predicted octanol–water partition coefficient (Wildman–Crippen LogP) is 3.60. The fraction of sp³-hybridized carbons (Fsp3) is 0.222. The molecule has 1 atom stereocenters. The lowest BCUT2D eigenvalue weighted by molar-refractivity contribution is 0.0268. The Kier molecular flexibility index (Phi) is 4.92. The second-order valence-electron chi connectivity index (χ2n) is 5.83. The molecule has 3 heterocycles. The molecule has 1 N–H and O–H groups in total. The molecule has 0 aliphatic rings. The van der Waals surface area contributed by atoms with Gasteiger partial charge in [-0.15, -0.1) is 0 Å². The highest BCUT2D eigenvalue weighted by molar-refractivity contribution is 6.29. The van der Waals surface area contributed by atoms with Gasteiger partial charge in [0.2, 0.25) is 5.88 Å². The molecule has 0 radical (unpaired) electrons. The van der Waals surface area contributed by atoms with Crippen molar-refractivity contribution < 1.29 is 9.84 Å². The molecular weight excluding hydrogens is 340 g/mol. The number of aromatic nitrogens is 4. The van der Waals surface area contributed by atoms with Crippen LogP contribution in [0.1, 0.15) is 25.1 Å². The van der Waals surface area contributed by atoms with Crippen LogP contribution >= 0.6 is 11.6 Å². The van der Waals surface area contributed by atoms with E-state index < -0.39 is 5.60 Å². The lowest BCUT2D eigenvalue weighted by Crippen LogP contribution is -2.34. The van der Waals surface area contributed by atoms with Crippen LogP contribution in [0.5, 0.6) is 11.6 Å². The number of halogens is 1. The van der Waals surface area contributed by atoms with E-state index >= 15 is 0 Å². The Labute approximate surface area is 150 Å². The van der Waals surface area contributed by atoms with Crippen molar-refractivity contribution in [3.63, 3.8) is 0 Å². The molecule has 0 aliphatic heterocycles. The highest BCUT2D eigenvalue weighted by atomic mass is 35.5. The first-order chi connectivity index (χ1) is 12.0. The molecule has 3 rings (SSSR count).